The number of nitrogens with zero attached hydrogens (tertiary/aromatic N) is 2. The first-order valence-corrected chi connectivity index (χ1v) is 6.98. The van der Waals surface area contributed by atoms with Gasteiger partial charge in [-0.3, -0.25) is 0 Å². The Balaban J connectivity index is 2.16. The van der Waals surface area contributed by atoms with Crippen LogP contribution < -0.4 is 5.32 Å². The van der Waals surface area contributed by atoms with E-state index in [2.05, 4.69) is 48.8 Å². The van der Waals surface area contributed by atoms with Crippen LogP contribution in [0.25, 0.3) is 0 Å². The van der Waals surface area contributed by atoms with Crippen LogP contribution in [0, 0.1) is 10.8 Å². The van der Waals surface area contributed by atoms with Gasteiger partial charge in [-0.15, -0.1) is 0 Å². The molecule has 0 aliphatic heterocycles. The third kappa shape index (κ3) is 3.14. The highest BCUT2D eigenvalue weighted by atomic mass is 15.1. The van der Waals surface area contributed by atoms with Gasteiger partial charge in [0.15, 0.2) is 0 Å². The Kier molecular flexibility index (Phi) is 3.54. The molecular weight excluding hydrogens is 222 g/mol. The van der Waals surface area contributed by atoms with Crippen molar-refractivity contribution in [1.29, 1.82) is 0 Å². The second kappa shape index (κ2) is 4.69. The summed E-state index contributed by atoms with van der Waals surface area (Å²) in [5, 5.41) is 3.16. The molecule has 1 aromatic heterocycles. The lowest BCUT2D eigenvalue weighted by atomic mass is 9.63. The third-order valence-electron chi connectivity index (χ3n) is 3.97. The Labute approximate surface area is 111 Å². The van der Waals surface area contributed by atoms with E-state index >= 15 is 0 Å². The van der Waals surface area contributed by atoms with Gasteiger partial charge in [-0.25, -0.2) is 4.98 Å². The van der Waals surface area contributed by atoms with Crippen molar-refractivity contribution >= 4 is 0 Å². The molecule has 0 atom stereocenters. The molecule has 0 unspecified atom stereocenters. The van der Waals surface area contributed by atoms with E-state index in [0.717, 1.165) is 12.2 Å². The molecule has 1 aliphatic rings. The number of hydrogen-bond acceptors (Lipinski definition) is 2. The third-order valence-corrected chi connectivity index (χ3v) is 3.97. The molecule has 3 heteroatoms. The van der Waals surface area contributed by atoms with E-state index in [1.54, 1.807) is 0 Å². The molecule has 18 heavy (non-hydrogen) atoms. The van der Waals surface area contributed by atoms with Crippen LogP contribution in [-0.4, -0.2) is 16.6 Å². The van der Waals surface area contributed by atoms with Crippen molar-refractivity contribution in [1.82, 2.24) is 14.9 Å². The Morgan fingerprint density at radius 3 is 2.44 bits per heavy atom. The molecule has 0 radical (unpaired) electrons. The van der Waals surface area contributed by atoms with Crippen molar-refractivity contribution in [3.8, 4) is 0 Å². The highest BCUT2D eigenvalue weighted by Crippen LogP contribution is 2.49. The van der Waals surface area contributed by atoms with E-state index in [-0.39, 0.29) is 0 Å². The van der Waals surface area contributed by atoms with Crippen molar-refractivity contribution in [3.05, 3.63) is 18.2 Å². The first kappa shape index (κ1) is 13.6. The number of aromatic nitrogens is 2. The molecule has 1 aromatic rings. The van der Waals surface area contributed by atoms with Crippen molar-refractivity contribution in [3.63, 3.8) is 0 Å². The summed E-state index contributed by atoms with van der Waals surface area (Å²) in [7, 11) is 1.96. The number of rotatable bonds is 3. The second-order valence-corrected chi connectivity index (χ2v) is 7.41. The summed E-state index contributed by atoms with van der Waals surface area (Å²) in [6.07, 6.45) is 8.04. The van der Waals surface area contributed by atoms with E-state index in [1.165, 1.54) is 19.3 Å². The fourth-order valence-electron chi connectivity index (χ4n) is 3.85. The number of imidazole rings is 1. The first-order chi connectivity index (χ1) is 8.31. The Morgan fingerprint density at radius 1 is 1.28 bits per heavy atom. The first-order valence-electron chi connectivity index (χ1n) is 6.98. The van der Waals surface area contributed by atoms with E-state index in [1.807, 2.05) is 13.4 Å². The van der Waals surface area contributed by atoms with Crippen LogP contribution in [0.2, 0.25) is 0 Å². The minimum atomic E-state index is 0.430. The Bertz CT molecular complexity index is 388. The molecular formula is C15H27N3. The minimum Gasteiger partial charge on any atom is -0.334 e. The van der Waals surface area contributed by atoms with Crippen LogP contribution in [0.15, 0.2) is 12.5 Å². The monoisotopic (exact) mass is 249 g/mol. The molecule has 102 valence electrons. The summed E-state index contributed by atoms with van der Waals surface area (Å²) in [5.41, 5.74) is 2.00. The van der Waals surface area contributed by atoms with Gasteiger partial charge in [0.1, 0.15) is 0 Å². The van der Waals surface area contributed by atoms with Gasteiger partial charge < -0.3 is 9.88 Å². The van der Waals surface area contributed by atoms with Crippen LogP contribution in [0.5, 0.6) is 0 Å². The summed E-state index contributed by atoms with van der Waals surface area (Å²) in [4.78, 5) is 4.48. The smallest absolute Gasteiger partial charge is 0.0952 e. The molecule has 0 spiro atoms. The van der Waals surface area contributed by atoms with Crippen molar-refractivity contribution in [2.24, 2.45) is 10.8 Å². The number of nitrogens with one attached hydrogen (secondary N) is 1. The highest BCUT2D eigenvalue weighted by molar-refractivity contribution is 5.00. The van der Waals surface area contributed by atoms with Crippen LogP contribution in [-0.2, 0) is 6.54 Å². The molecule has 2 rings (SSSR count). The Hall–Kier alpha value is -0.830. The average molecular weight is 249 g/mol. The summed E-state index contributed by atoms with van der Waals surface area (Å²) in [6.45, 7) is 10.4. The van der Waals surface area contributed by atoms with Crippen LogP contribution >= 0.6 is 0 Å². The summed E-state index contributed by atoms with van der Waals surface area (Å²) in [6, 6.07) is 0.599. The van der Waals surface area contributed by atoms with Gasteiger partial charge in [-0.1, -0.05) is 27.7 Å². The molecule has 0 amide bonds. The topological polar surface area (TPSA) is 29.9 Å². The molecule has 1 fully saturated rings. The minimum absolute atomic E-state index is 0.430. The predicted molar refractivity (Wildman–Crippen MR) is 75.4 cm³/mol. The molecule has 1 saturated carbocycles. The van der Waals surface area contributed by atoms with Gasteiger partial charge >= 0.3 is 0 Å². The largest absolute Gasteiger partial charge is 0.334 e. The van der Waals surface area contributed by atoms with Gasteiger partial charge in [0.2, 0.25) is 0 Å². The molecule has 0 saturated heterocycles. The average Bonchev–Trinajstić information content (AvgIpc) is 2.62. The van der Waals surface area contributed by atoms with Gasteiger partial charge in [-0.2, -0.15) is 0 Å². The fraction of sp³-hybridized carbons (Fsp3) is 0.800. The maximum absolute atomic E-state index is 4.48. The zero-order valence-corrected chi connectivity index (χ0v) is 12.5. The zero-order chi connectivity index (χ0) is 13.4. The highest BCUT2D eigenvalue weighted by Gasteiger charge is 2.38. The molecule has 0 aromatic carbocycles. The second-order valence-electron chi connectivity index (χ2n) is 7.41. The maximum Gasteiger partial charge on any atom is 0.0952 e. The van der Waals surface area contributed by atoms with Gasteiger partial charge in [0, 0.05) is 18.8 Å². The van der Waals surface area contributed by atoms with Gasteiger partial charge in [-0.05, 0) is 37.1 Å². The fourth-order valence-corrected chi connectivity index (χ4v) is 3.85. The van der Waals surface area contributed by atoms with E-state index < -0.39 is 0 Å². The van der Waals surface area contributed by atoms with Crippen LogP contribution in [0.1, 0.15) is 58.7 Å². The summed E-state index contributed by atoms with van der Waals surface area (Å²) < 4.78 is 2.33. The predicted octanol–water partition coefficient (Wildman–Crippen LogP) is 3.38. The molecule has 1 aliphatic carbocycles. The van der Waals surface area contributed by atoms with Crippen molar-refractivity contribution < 1.29 is 0 Å². The normalized spacial score (nSPS) is 23.2. The van der Waals surface area contributed by atoms with E-state index in [9.17, 15) is 0 Å². The van der Waals surface area contributed by atoms with Gasteiger partial charge in [0.05, 0.1) is 12.0 Å². The molecule has 0 bridgehead atoms. The van der Waals surface area contributed by atoms with E-state index in [0.29, 0.717) is 16.9 Å². The lowest BCUT2D eigenvalue weighted by molar-refractivity contribution is 0.0722. The number of hydrogen-bond donors (Lipinski definition) is 1. The SMILES string of the molecule is CNCc1cn(C2CC(C)(C)CC(C)(C)C2)cn1. The molecule has 3 nitrogen and oxygen atoms in total. The summed E-state index contributed by atoms with van der Waals surface area (Å²) in [5.74, 6) is 0. The molecule has 1 N–H and O–H groups in total. The quantitative estimate of drug-likeness (QED) is 0.890. The maximum atomic E-state index is 4.48. The molecule has 1 heterocycles. The summed E-state index contributed by atoms with van der Waals surface area (Å²) >= 11 is 0. The van der Waals surface area contributed by atoms with Crippen molar-refractivity contribution in [2.75, 3.05) is 7.05 Å². The lowest BCUT2D eigenvalue weighted by Crippen LogP contribution is -2.34. The standard InChI is InChI=1S/C15H27N3/c1-14(2)6-13(7-15(3,4)10-14)18-9-12(8-16-5)17-11-18/h9,11,13,16H,6-8,10H2,1-5H3. The zero-order valence-electron chi connectivity index (χ0n) is 12.5. The van der Waals surface area contributed by atoms with Crippen molar-refractivity contribution in [2.45, 2.75) is 59.5 Å². The lowest BCUT2D eigenvalue weighted by Gasteiger charge is -2.45. The van der Waals surface area contributed by atoms with Crippen LogP contribution in [0.4, 0.5) is 0 Å². The van der Waals surface area contributed by atoms with Crippen LogP contribution in [0.3, 0.4) is 0 Å². The van der Waals surface area contributed by atoms with Gasteiger partial charge in [0.25, 0.3) is 0 Å². The Morgan fingerprint density at radius 2 is 1.89 bits per heavy atom. The van der Waals surface area contributed by atoms with E-state index in [4.69, 9.17) is 0 Å².